The van der Waals surface area contributed by atoms with Gasteiger partial charge >= 0.3 is 0 Å². The lowest BCUT2D eigenvalue weighted by atomic mass is 9.74. The van der Waals surface area contributed by atoms with Crippen LogP contribution >= 0.6 is 0 Å². The van der Waals surface area contributed by atoms with Gasteiger partial charge in [-0.25, -0.2) is 0 Å². The lowest BCUT2D eigenvalue weighted by Gasteiger charge is -2.51. The first-order valence-corrected chi connectivity index (χ1v) is 11.7. The molecule has 1 spiro atoms. The Balaban J connectivity index is 1.27. The molecule has 1 aliphatic carbocycles. The Bertz CT molecular complexity index is 855. The van der Waals surface area contributed by atoms with E-state index >= 15 is 0 Å². The molecule has 0 radical (unpaired) electrons. The number of rotatable bonds is 2. The van der Waals surface area contributed by atoms with Crippen LogP contribution in [0.4, 0.5) is 5.69 Å². The maximum absolute atomic E-state index is 3.72. The summed E-state index contributed by atoms with van der Waals surface area (Å²) in [5.41, 5.74) is 5.00. The molecule has 2 aromatic carbocycles. The Hall–Kier alpha value is -1.84. The standard InChI is InChI=1S/C26H33N3/c1-2-9-22(10-3-1)29-19-21-17-27-18-24(21)26(29)13-15-28(16-14-26)25-12-6-8-20-7-4-5-11-23(20)25/h1-5,7,9-11,21,24-25,27H,6,8,12-19H2/t21-,24-,25-/m1/s1. The van der Waals surface area contributed by atoms with Gasteiger partial charge in [-0.05, 0) is 61.3 Å². The lowest BCUT2D eigenvalue weighted by Crippen LogP contribution is -2.57. The van der Waals surface area contributed by atoms with Crippen LogP contribution in [0.2, 0.25) is 0 Å². The van der Waals surface area contributed by atoms with E-state index in [1.165, 1.54) is 70.5 Å². The van der Waals surface area contributed by atoms with Crippen molar-refractivity contribution in [2.45, 2.75) is 43.7 Å². The van der Waals surface area contributed by atoms with Crippen molar-refractivity contribution in [2.24, 2.45) is 11.8 Å². The number of nitrogens with one attached hydrogen (secondary N) is 1. The van der Waals surface area contributed by atoms with Gasteiger partial charge in [0.25, 0.3) is 0 Å². The zero-order valence-corrected chi connectivity index (χ0v) is 17.4. The van der Waals surface area contributed by atoms with E-state index in [1.54, 1.807) is 11.1 Å². The number of piperidine rings is 1. The number of aryl methyl sites for hydroxylation is 1. The molecule has 6 rings (SSSR count). The lowest BCUT2D eigenvalue weighted by molar-refractivity contribution is 0.0880. The minimum Gasteiger partial charge on any atom is -0.365 e. The molecule has 0 saturated carbocycles. The molecule has 3 aliphatic heterocycles. The van der Waals surface area contributed by atoms with Gasteiger partial charge in [-0.3, -0.25) is 4.90 Å². The topological polar surface area (TPSA) is 18.5 Å². The highest BCUT2D eigenvalue weighted by molar-refractivity contribution is 5.52. The fourth-order valence-electron chi connectivity index (χ4n) is 7.11. The number of fused-ring (bicyclic) bond motifs is 3. The highest BCUT2D eigenvalue weighted by atomic mass is 15.3. The molecule has 3 atom stereocenters. The largest absolute Gasteiger partial charge is 0.365 e. The predicted molar refractivity (Wildman–Crippen MR) is 119 cm³/mol. The average Bonchev–Trinajstić information content (AvgIpc) is 3.37. The predicted octanol–water partition coefficient (Wildman–Crippen LogP) is 4.25. The SMILES string of the molecule is c1ccc(N2C[C@H]3CNC[C@H]3C23CCN([C@@H]2CCCc4ccccc42)CC3)cc1. The summed E-state index contributed by atoms with van der Waals surface area (Å²) in [4.78, 5) is 5.64. The van der Waals surface area contributed by atoms with Crippen LogP contribution in [0.15, 0.2) is 54.6 Å². The smallest absolute Gasteiger partial charge is 0.0470 e. The minimum absolute atomic E-state index is 0.347. The van der Waals surface area contributed by atoms with Gasteiger partial charge in [-0.2, -0.15) is 0 Å². The summed E-state index contributed by atoms with van der Waals surface area (Å²) in [6.45, 7) is 6.13. The van der Waals surface area contributed by atoms with Crippen molar-refractivity contribution in [3.8, 4) is 0 Å². The van der Waals surface area contributed by atoms with E-state index in [9.17, 15) is 0 Å². The second kappa shape index (κ2) is 7.14. The van der Waals surface area contributed by atoms with Crippen LogP contribution in [0.5, 0.6) is 0 Å². The van der Waals surface area contributed by atoms with Gasteiger partial charge < -0.3 is 10.2 Å². The second-order valence-electron chi connectivity index (χ2n) is 9.72. The molecule has 4 aliphatic rings. The molecule has 3 heteroatoms. The van der Waals surface area contributed by atoms with Crippen molar-refractivity contribution in [1.29, 1.82) is 0 Å². The summed E-state index contributed by atoms with van der Waals surface area (Å²) in [7, 11) is 0. The van der Waals surface area contributed by atoms with Gasteiger partial charge in [0.1, 0.15) is 0 Å². The van der Waals surface area contributed by atoms with Gasteiger partial charge in [0, 0.05) is 55.9 Å². The molecule has 0 unspecified atom stereocenters. The number of anilines is 1. The van der Waals surface area contributed by atoms with Crippen molar-refractivity contribution in [2.75, 3.05) is 37.6 Å². The molecule has 3 nitrogen and oxygen atoms in total. The summed E-state index contributed by atoms with van der Waals surface area (Å²) in [5, 5.41) is 3.72. The number of para-hydroxylation sites is 1. The zero-order chi connectivity index (χ0) is 19.3. The van der Waals surface area contributed by atoms with E-state index in [2.05, 4.69) is 69.7 Å². The molecule has 0 amide bonds. The van der Waals surface area contributed by atoms with E-state index < -0.39 is 0 Å². The zero-order valence-electron chi connectivity index (χ0n) is 17.4. The van der Waals surface area contributed by atoms with Crippen LogP contribution in [-0.2, 0) is 6.42 Å². The van der Waals surface area contributed by atoms with Crippen LogP contribution < -0.4 is 10.2 Å². The Morgan fingerprint density at radius 2 is 1.69 bits per heavy atom. The molecule has 3 heterocycles. The van der Waals surface area contributed by atoms with Crippen molar-refractivity contribution < 1.29 is 0 Å². The first kappa shape index (κ1) is 18.0. The number of hydrogen-bond donors (Lipinski definition) is 1. The minimum atomic E-state index is 0.347. The van der Waals surface area contributed by atoms with Crippen LogP contribution in [0, 0.1) is 11.8 Å². The summed E-state index contributed by atoms with van der Waals surface area (Å²) < 4.78 is 0. The van der Waals surface area contributed by atoms with Crippen LogP contribution in [0.3, 0.4) is 0 Å². The molecule has 3 saturated heterocycles. The average molecular weight is 388 g/mol. The highest BCUT2D eigenvalue weighted by Gasteiger charge is 2.56. The van der Waals surface area contributed by atoms with Crippen LogP contribution in [0.1, 0.15) is 42.9 Å². The summed E-state index contributed by atoms with van der Waals surface area (Å²) in [6, 6.07) is 21.1. The molecule has 152 valence electrons. The second-order valence-corrected chi connectivity index (χ2v) is 9.72. The Morgan fingerprint density at radius 1 is 0.897 bits per heavy atom. The quantitative estimate of drug-likeness (QED) is 0.831. The van der Waals surface area contributed by atoms with Crippen LogP contribution in [-0.4, -0.2) is 43.2 Å². The molecule has 2 aromatic rings. The van der Waals surface area contributed by atoms with Crippen LogP contribution in [0.25, 0.3) is 0 Å². The maximum Gasteiger partial charge on any atom is 0.0470 e. The fraction of sp³-hybridized carbons (Fsp3) is 0.538. The molecular formula is C26H33N3. The van der Waals surface area contributed by atoms with E-state index in [0.717, 1.165) is 11.8 Å². The highest BCUT2D eigenvalue weighted by Crippen LogP contribution is 2.50. The van der Waals surface area contributed by atoms with Crippen molar-refractivity contribution in [3.05, 3.63) is 65.7 Å². The Kier molecular flexibility index (Phi) is 4.42. The molecule has 0 aromatic heterocycles. The van der Waals surface area contributed by atoms with Gasteiger partial charge in [0.2, 0.25) is 0 Å². The molecule has 3 fully saturated rings. The maximum atomic E-state index is 3.72. The van der Waals surface area contributed by atoms with Gasteiger partial charge in [0.05, 0.1) is 0 Å². The van der Waals surface area contributed by atoms with Gasteiger partial charge in [-0.15, -0.1) is 0 Å². The number of nitrogens with zero attached hydrogens (tertiary/aromatic N) is 2. The molecule has 1 N–H and O–H groups in total. The third-order valence-corrected chi connectivity index (χ3v) is 8.49. The number of hydrogen-bond acceptors (Lipinski definition) is 3. The third-order valence-electron chi connectivity index (χ3n) is 8.49. The Labute approximate surface area is 175 Å². The summed E-state index contributed by atoms with van der Waals surface area (Å²) >= 11 is 0. The normalized spacial score (nSPS) is 31.0. The summed E-state index contributed by atoms with van der Waals surface area (Å²) in [6.07, 6.45) is 6.56. The molecule has 0 bridgehead atoms. The van der Waals surface area contributed by atoms with E-state index in [0.29, 0.717) is 11.6 Å². The third kappa shape index (κ3) is 2.85. The van der Waals surface area contributed by atoms with Crippen molar-refractivity contribution in [1.82, 2.24) is 10.2 Å². The first-order valence-electron chi connectivity index (χ1n) is 11.7. The first-order chi connectivity index (χ1) is 14.4. The van der Waals surface area contributed by atoms with Crippen molar-refractivity contribution >= 4 is 5.69 Å². The Morgan fingerprint density at radius 3 is 2.55 bits per heavy atom. The monoisotopic (exact) mass is 387 g/mol. The van der Waals surface area contributed by atoms with Gasteiger partial charge in [0.15, 0.2) is 0 Å². The summed E-state index contributed by atoms with van der Waals surface area (Å²) in [5.74, 6) is 1.63. The molecule has 29 heavy (non-hydrogen) atoms. The van der Waals surface area contributed by atoms with Crippen molar-refractivity contribution in [3.63, 3.8) is 0 Å². The van der Waals surface area contributed by atoms with Gasteiger partial charge in [-0.1, -0.05) is 42.5 Å². The molecular weight excluding hydrogens is 354 g/mol. The van der Waals surface area contributed by atoms with E-state index in [4.69, 9.17) is 0 Å². The number of benzene rings is 2. The number of likely N-dealkylation sites (tertiary alicyclic amines) is 1. The van der Waals surface area contributed by atoms with E-state index in [1.807, 2.05) is 0 Å². The fourth-order valence-corrected chi connectivity index (χ4v) is 7.11. The van der Waals surface area contributed by atoms with E-state index in [-0.39, 0.29) is 0 Å².